The maximum atomic E-state index is 12.3. The summed E-state index contributed by atoms with van der Waals surface area (Å²) in [7, 11) is 0. The highest BCUT2D eigenvalue weighted by Gasteiger charge is 2.38. The Morgan fingerprint density at radius 1 is 1.43 bits per heavy atom. The molecule has 114 valence electrons. The van der Waals surface area contributed by atoms with Crippen molar-refractivity contribution >= 4 is 23.6 Å². The number of pyridine rings is 1. The molecule has 2 atom stereocenters. The lowest BCUT2D eigenvalue weighted by Gasteiger charge is -2.18. The Kier molecular flexibility index (Phi) is 4.68. The van der Waals surface area contributed by atoms with Crippen LogP contribution in [0.25, 0.3) is 0 Å². The minimum atomic E-state index is 0.0113. The van der Waals surface area contributed by atoms with Crippen LogP contribution >= 0.6 is 11.8 Å². The molecule has 4 nitrogen and oxygen atoms in total. The third kappa shape index (κ3) is 3.51. The molecule has 2 amide bonds. The number of thioether (sulfide) groups is 1. The number of carbonyl (C=O) groups is 1. The Balaban J connectivity index is 1.57. The van der Waals surface area contributed by atoms with Crippen LogP contribution in [0.3, 0.4) is 0 Å². The summed E-state index contributed by atoms with van der Waals surface area (Å²) >= 11 is 1.87. The number of anilines is 1. The van der Waals surface area contributed by atoms with Crippen LogP contribution in [0.1, 0.15) is 31.7 Å². The number of urea groups is 1. The largest absolute Gasteiger partial charge is 0.324 e. The maximum absolute atomic E-state index is 12.3. The second-order valence-corrected chi connectivity index (χ2v) is 7.25. The van der Waals surface area contributed by atoms with E-state index in [1.54, 1.807) is 6.20 Å². The summed E-state index contributed by atoms with van der Waals surface area (Å²) in [6, 6.07) is 4.01. The Labute approximate surface area is 130 Å². The van der Waals surface area contributed by atoms with Crippen molar-refractivity contribution in [3.05, 3.63) is 23.9 Å². The van der Waals surface area contributed by atoms with Gasteiger partial charge in [-0.2, -0.15) is 11.8 Å². The average molecular weight is 305 g/mol. The van der Waals surface area contributed by atoms with Gasteiger partial charge in [0.2, 0.25) is 0 Å². The van der Waals surface area contributed by atoms with E-state index in [9.17, 15) is 4.79 Å². The van der Waals surface area contributed by atoms with Crippen LogP contribution in [-0.4, -0.2) is 34.8 Å². The van der Waals surface area contributed by atoms with Crippen LogP contribution in [0.4, 0.5) is 10.6 Å². The van der Waals surface area contributed by atoms with Crippen molar-refractivity contribution in [1.29, 1.82) is 0 Å². The van der Waals surface area contributed by atoms with Crippen LogP contribution in [-0.2, 0) is 5.75 Å². The lowest BCUT2D eigenvalue weighted by Crippen LogP contribution is -2.33. The van der Waals surface area contributed by atoms with Gasteiger partial charge in [-0.15, -0.1) is 0 Å². The number of likely N-dealkylation sites (tertiary alicyclic amines) is 1. The highest BCUT2D eigenvalue weighted by molar-refractivity contribution is 7.98. The molecule has 1 N–H and O–H groups in total. The van der Waals surface area contributed by atoms with E-state index in [1.807, 2.05) is 28.8 Å². The van der Waals surface area contributed by atoms with E-state index in [-0.39, 0.29) is 6.03 Å². The van der Waals surface area contributed by atoms with Crippen LogP contribution in [0.2, 0.25) is 0 Å². The zero-order valence-electron chi connectivity index (χ0n) is 12.5. The second kappa shape index (κ2) is 6.69. The van der Waals surface area contributed by atoms with E-state index in [1.165, 1.54) is 24.8 Å². The van der Waals surface area contributed by atoms with Gasteiger partial charge >= 0.3 is 6.03 Å². The molecule has 0 radical (unpaired) electrons. The molecule has 1 aromatic heterocycles. The predicted octanol–water partition coefficient (Wildman–Crippen LogP) is 3.60. The smallest absolute Gasteiger partial charge is 0.323 e. The zero-order valence-corrected chi connectivity index (χ0v) is 13.4. The second-order valence-electron chi connectivity index (χ2n) is 5.97. The highest BCUT2D eigenvalue weighted by Crippen LogP contribution is 2.37. The molecule has 1 saturated heterocycles. The average Bonchev–Trinajstić information content (AvgIpc) is 3.06. The lowest BCUT2D eigenvalue weighted by atomic mass is 10.0. The number of hydrogen-bond donors (Lipinski definition) is 1. The topological polar surface area (TPSA) is 45.2 Å². The van der Waals surface area contributed by atoms with Crippen molar-refractivity contribution < 1.29 is 4.79 Å². The van der Waals surface area contributed by atoms with Gasteiger partial charge in [-0.25, -0.2) is 9.78 Å². The van der Waals surface area contributed by atoms with Crippen LogP contribution in [0.15, 0.2) is 18.3 Å². The molecule has 1 saturated carbocycles. The predicted molar refractivity (Wildman–Crippen MR) is 87.5 cm³/mol. The van der Waals surface area contributed by atoms with Crippen molar-refractivity contribution in [2.45, 2.75) is 31.9 Å². The summed E-state index contributed by atoms with van der Waals surface area (Å²) in [4.78, 5) is 18.6. The Hall–Kier alpha value is -1.23. The third-order valence-electron chi connectivity index (χ3n) is 4.55. The van der Waals surface area contributed by atoms with Gasteiger partial charge in [0.25, 0.3) is 0 Å². The summed E-state index contributed by atoms with van der Waals surface area (Å²) in [5, 5.41) is 2.96. The van der Waals surface area contributed by atoms with Gasteiger partial charge in [-0.3, -0.25) is 5.32 Å². The van der Waals surface area contributed by atoms with Gasteiger partial charge in [0.15, 0.2) is 0 Å². The summed E-state index contributed by atoms with van der Waals surface area (Å²) in [6.45, 7) is 3.99. The fraction of sp³-hybridized carbons (Fsp3) is 0.625. The van der Waals surface area contributed by atoms with Crippen molar-refractivity contribution in [2.75, 3.05) is 24.2 Å². The van der Waals surface area contributed by atoms with Crippen molar-refractivity contribution in [3.63, 3.8) is 0 Å². The summed E-state index contributed by atoms with van der Waals surface area (Å²) in [5.74, 6) is 4.20. The van der Waals surface area contributed by atoms with Crippen LogP contribution in [0.5, 0.6) is 0 Å². The molecule has 0 unspecified atom stereocenters. The van der Waals surface area contributed by atoms with E-state index in [2.05, 4.69) is 17.2 Å². The first kappa shape index (κ1) is 14.7. The molecule has 1 aromatic rings. The normalized spacial score (nSPS) is 24.1. The Bertz CT molecular complexity index is 496. The quantitative estimate of drug-likeness (QED) is 0.924. The minimum absolute atomic E-state index is 0.0113. The molecular weight excluding hydrogens is 282 g/mol. The number of amides is 2. The number of nitrogens with zero attached hydrogens (tertiary/aromatic N) is 2. The molecule has 1 aliphatic carbocycles. The summed E-state index contributed by atoms with van der Waals surface area (Å²) in [5.41, 5.74) is 1.21. The van der Waals surface area contributed by atoms with Crippen LogP contribution < -0.4 is 5.32 Å². The molecular formula is C16H23N3OS. The molecule has 2 heterocycles. The standard InChI is InChI=1S/C16H23N3OS/c1-2-21-11-12-6-7-17-15(8-12)18-16(20)19-9-13-4-3-5-14(13)10-19/h6-8,13-14H,2-5,9-11H2,1H3,(H,17,18,20)/t13-,14-/m1/s1. The van der Waals surface area contributed by atoms with E-state index in [0.717, 1.165) is 36.4 Å². The van der Waals surface area contributed by atoms with E-state index >= 15 is 0 Å². The van der Waals surface area contributed by atoms with E-state index < -0.39 is 0 Å². The first-order chi connectivity index (χ1) is 10.3. The maximum Gasteiger partial charge on any atom is 0.323 e. The fourth-order valence-corrected chi connectivity index (χ4v) is 4.06. The zero-order chi connectivity index (χ0) is 14.7. The van der Waals surface area contributed by atoms with Gasteiger partial charge in [-0.05, 0) is 48.1 Å². The van der Waals surface area contributed by atoms with Crippen molar-refractivity contribution in [2.24, 2.45) is 11.8 Å². The number of aromatic nitrogens is 1. The molecule has 5 heteroatoms. The summed E-state index contributed by atoms with van der Waals surface area (Å²) < 4.78 is 0. The summed E-state index contributed by atoms with van der Waals surface area (Å²) in [6.07, 6.45) is 5.69. The highest BCUT2D eigenvalue weighted by atomic mass is 32.2. The molecule has 3 rings (SSSR count). The molecule has 1 aliphatic heterocycles. The van der Waals surface area contributed by atoms with E-state index in [0.29, 0.717) is 5.82 Å². The third-order valence-corrected chi connectivity index (χ3v) is 5.49. The van der Waals surface area contributed by atoms with Gasteiger partial charge in [0, 0.05) is 25.0 Å². The van der Waals surface area contributed by atoms with Gasteiger partial charge < -0.3 is 4.90 Å². The van der Waals surface area contributed by atoms with Gasteiger partial charge in [0.1, 0.15) is 5.82 Å². The van der Waals surface area contributed by atoms with Crippen molar-refractivity contribution in [3.8, 4) is 0 Å². The SMILES string of the molecule is CCSCc1ccnc(NC(=O)N2C[C@H]3CCC[C@@H]3C2)c1. The first-order valence-electron chi connectivity index (χ1n) is 7.85. The molecule has 2 aliphatic rings. The van der Waals surface area contributed by atoms with Crippen molar-refractivity contribution in [1.82, 2.24) is 9.88 Å². The number of hydrogen-bond acceptors (Lipinski definition) is 3. The number of rotatable bonds is 4. The minimum Gasteiger partial charge on any atom is -0.324 e. The molecule has 0 bridgehead atoms. The molecule has 0 aromatic carbocycles. The lowest BCUT2D eigenvalue weighted by molar-refractivity contribution is 0.218. The monoisotopic (exact) mass is 305 g/mol. The fourth-order valence-electron chi connectivity index (χ4n) is 3.44. The van der Waals surface area contributed by atoms with Gasteiger partial charge in [-0.1, -0.05) is 13.3 Å². The Morgan fingerprint density at radius 2 is 2.19 bits per heavy atom. The van der Waals surface area contributed by atoms with E-state index in [4.69, 9.17) is 0 Å². The molecule has 21 heavy (non-hydrogen) atoms. The Morgan fingerprint density at radius 3 is 2.90 bits per heavy atom. The van der Waals surface area contributed by atoms with Crippen LogP contribution in [0, 0.1) is 11.8 Å². The number of nitrogens with one attached hydrogen (secondary N) is 1. The molecule has 0 spiro atoms. The number of fused-ring (bicyclic) bond motifs is 1. The van der Waals surface area contributed by atoms with Gasteiger partial charge in [0.05, 0.1) is 0 Å². The molecule has 2 fully saturated rings. The first-order valence-corrected chi connectivity index (χ1v) is 9.00. The number of carbonyl (C=O) groups excluding carboxylic acids is 1.